The van der Waals surface area contributed by atoms with Crippen LogP contribution in [0.1, 0.15) is 38.2 Å². The monoisotopic (exact) mass is 356 g/mol. The lowest BCUT2D eigenvalue weighted by Gasteiger charge is -2.45. The van der Waals surface area contributed by atoms with E-state index < -0.39 is 10.0 Å². The lowest BCUT2D eigenvalue weighted by atomic mass is 9.87. The van der Waals surface area contributed by atoms with Gasteiger partial charge in [-0.3, -0.25) is 4.90 Å². The van der Waals surface area contributed by atoms with E-state index in [4.69, 9.17) is 11.6 Å². The molecule has 0 aromatic heterocycles. The molecule has 1 aromatic carbocycles. The van der Waals surface area contributed by atoms with E-state index in [9.17, 15) is 8.42 Å². The van der Waals surface area contributed by atoms with Crippen molar-refractivity contribution in [1.29, 1.82) is 0 Å². The fourth-order valence-electron chi connectivity index (χ4n) is 4.00. The van der Waals surface area contributed by atoms with Crippen LogP contribution in [0.15, 0.2) is 24.3 Å². The van der Waals surface area contributed by atoms with E-state index in [1.165, 1.54) is 5.56 Å². The van der Waals surface area contributed by atoms with Crippen LogP contribution in [0.25, 0.3) is 0 Å². The summed E-state index contributed by atoms with van der Waals surface area (Å²) in [5.74, 6) is 0.195. The van der Waals surface area contributed by atoms with E-state index in [-0.39, 0.29) is 11.3 Å². The Morgan fingerprint density at radius 1 is 1.13 bits per heavy atom. The van der Waals surface area contributed by atoms with Crippen molar-refractivity contribution in [2.75, 3.05) is 25.4 Å². The van der Waals surface area contributed by atoms with Gasteiger partial charge in [0.2, 0.25) is 10.0 Å². The van der Waals surface area contributed by atoms with Crippen molar-refractivity contribution < 1.29 is 8.42 Å². The molecule has 128 valence electrons. The first-order valence-electron chi connectivity index (χ1n) is 8.42. The third-order valence-corrected chi connectivity index (χ3v) is 7.39. The van der Waals surface area contributed by atoms with E-state index in [0.717, 1.165) is 43.8 Å². The van der Waals surface area contributed by atoms with E-state index in [2.05, 4.69) is 17.0 Å². The first-order chi connectivity index (χ1) is 11.0. The van der Waals surface area contributed by atoms with Crippen LogP contribution in [0.4, 0.5) is 0 Å². The number of hydrogen-bond donors (Lipinski definition) is 0. The third-order valence-electron chi connectivity index (χ3n) is 5.31. The zero-order valence-corrected chi connectivity index (χ0v) is 15.2. The predicted octanol–water partition coefficient (Wildman–Crippen LogP) is 3.12. The molecule has 1 aromatic rings. The number of benzene rings is 1. The van der Waals surface area contributed by atoms with Crippen LogP contribution < -0.4 is 0 Å². The molecule has 1 atom stereocenters. The highest BCUT2D eigenvalue weighted by molar-refractivity contribution is 7.89. The van der Waals surface area contributed by atoms with Crippen molar-refractivity contribution in [1.82, 2.24) is 9.21 Å². The lowest BCUT2D eigenvalue weighted by Crippen LogP contribution is -2.56. The first-order valence-corrected chi connectivity index (χ1v) is 10.4. The highest BCUT2D eigenvalue weighted by Crippen LogP contribution is 2.39. The molecular formula is C17H25ClN2O2S. The number of halogens is 1. The SMILES string of the molecule is CCS(=O)(=O)N1CCC[C@]2(CCCN2Cc2ccc(Cl)cc2)C1. The molecule has 0 amide bonds. The Morgan fingerprint density at radius 3 is 2.43 bits per heavy atom. The third kappa shape index (κ3) is 3.58. The van der Waals surface area contributed by atoms with Crippen molar-refractivity contribution in [3.05, 3.63) is 34.9 Å². The molecule has 6 heteroatoms. The second kappa shape index (κ2) is 6.71. The van der Waals surface area contributed by atoms with Crippen LogP contribution in [0.5, 0.6) is 0 Å². The topological polar surface area (TPSA) is 40.6 Å². The first kappa shape index (κ1) is 17.2. The molecule has 0 saturated carbocycles. The molecule has 0 N–H and O–H groups in total. The minimum Gasteiger partial charge on any atom is -0.292 e. The molecule has 3 rings (SSSR count). The summed E-state index contributed by atoms with van der Waals surface area (Å²) in [5, 5.41) is 0.753. The van der Waals surface area contributed by atoms with Crippen LogP contribution in [-0.4, -0.2) is 48.5 Å². The van der Waals surface area contributed by atoms with Gasteiger partial charge in [-0.15, -0.1) is 0 Å². The maximum absolute atomic E-state index is 12.3. The highest BCUT2D eigenvalue weighted by atomic mass is 35.5. The van der Waals surface area contributed by atoms with Crippen LogP contribution >= 0.6 is 11.6 Å². The molecule has 2 aliphatic rings. The molecule has 0 radical (unpaired) electrons. The molecule has 0 bridgehead atoms. The van der Waals surface area contributed by atoms with Gasteiger partial charge in [0.1, 0.15) is 0 Å². The average Bonchev–Trinajstić information content (AvgIpc) is 2.91. The standard InChI is InChI=1S/C17H25ClN2O2S/c1-2-23(21,22)20-12-4-10-17(14-20)9-3-11-19(17)13-15-5-7-16(18)8-6-15/h5-8H,2-4,9-14H2,1H3/t17-/m1/s1. The fourth-order valence-corrected chi connectivity index (χ4v) is 5.34. The zero-order valence-electron chi connectivity index (χ0n) is 13.7. The van der Waals surface area contributed by atoms with E-state index >= 15 is 0 Å². The summed E-state index contributed by atoms with van der Waals surface area (Å²) in [7, 11) is -3.10. The minimum absolute atomic E-state index is 0.0140. The summed E-state index contributed by atoms with van der Waals surface area (Å²) >= 11 is 5.97. The van der Waals surface area contributed by atoms with E-state index in [0.29, 0.717) is 13.1 Å². The average molecular weight is 357 g/mol. The normalized spacial score (nSPS) is 26.9. The van der Waals surface area contributed by atoms with Crippen molar-refractivity contribution in [2.24, 2.45) is 0 Å². The molecule has 2 fully saturated rings. The smallest absolute Gasteiger partial charge is 0.213 e. The van der Waals surface area contributed by atoms with Crippen LogP contribution in [0.3, 0.4) is 0 Å². The number of sulfonamides is 1. The van der Waals surface area contributed by atoms with Gasteiger partial charge in [0, 0.05) is 30.2 Å². The number of piperidine rings is 1. The largest absolute Gasteiger partial charge is 0.292 e. The maximum Gasteiger partial charge on any atom is 0.213 e. The van der Waals surface area contributed by atoms with Gasteiger partial charge in [-0.25, -0.2) is 12.7 Å². The van der Waals surface area contributed by atoms with Gasteiger partial charge in [0.15, 0.2) is 0 Å². The summed E-state index contributed by atoms with van der Waals surface area (Å²) in [5.41, 5.74) is 1.26. The van der Waals surface area contributed by atoms with Crippen molar-refractivity contribution in [2.45, 2.75) is 44.7 Å². The number of nitrogens with zero attached hydrogens (tertiary/aromatic N) is 2. The fraction of sp³-hybridized carbons (Fsp3) is 0.647. The molecule has 0 aliphatic carbocycles. The maximum atomic E-state index is 12.3. The predicted molar refractivity (Wildman–Crippen MR) is 94.1 cm³/mol. The van der Waals surface area contributed by atoms with E-state index in [1.807, 2.05) is 12.1 Å². The molecule has 4 nitrogen and oxygen atoms in total. The molecular weight excluding hydrogens is 332 g/mol. The summed E-state index contributed by atoms with van der Waals surface area (Å²) in [6, 6.07) is 7.98. The molecule has 2 saturated heterocycles. The summed E-state index contributed by atoms with van der Waals surface area (Å²) < 4.78 is 26.3. The Morgan fingerprint density at radius 2 is 1.78 bits per heavy atom. The lowest BCUT2D eigenvalue weighted by molar-refractivity contribution is 0.0680. The molecule has 23 heavy (non-hydrogen) atoms. The Bertz CT molecular complexity index is 647. The second-order valence-electron chi connectivity index (χ2n) is 6.71. The molecule has 2 aliphatic heterocycles. The number of likely N-dealkylation sites (tertiary alicyclic amines) is 1. The Kier molecular flexibility index (Phi) is 5.02. The van der Waals surface area contributed by atoms with Crippen LogP contribution in [0, 0.1) is 0 Å². The number of rotatable bonds is 4. The van der Waals surface area contributed by atoms with Gasteiger partial charge in [0.25, 0.3) is 0 Å². The van der Waals surface area contributed by atoms with Crippen molar-refractivity contribution in [3.63, 3.8) is 0 Å². The summed E-state index contributed by atoms with van der Waals surface area (Å²) in [6.07, 6.45) is 4.29. The van der Waals surface area contributed by atoms with Gasteiger partial charge in [-0.2, -0.15) is 0 Å². The van der Waals surface area contributed by atoms with Gasteiger partial charge < -0.3 is 0 Å². The zero-order chi connectivity index (χ0) is 16.5. The van der Waals surface area contributed by atoms with Crippen molar-refractivity contribution >= 4 is 21.6 Å². The highest BCUT2D eigenvalue weighted by Gasteiger charge is 2.45. The van der Waals surface area contributed by atoms with E-state index in [1.54, 1.807) is 11.2 Å². The van der Waals surface area contributed by atoms with Gasteiger partial charge in [-0.1, -0.05) is 23.7 Å². The van der Waals surface area contributed by atoms with Crippen LogP contribution in [-0.2, 0) is 16.6 Å². The molecule has 1 spiro atoms. The summed E-state index contributed by atoms with van der Waals surface area (Å²) in [6.45, 7) is 4.97. The molecule has 2 heterocycles. The minimum atomic E-state index is -3.10. The second-order valence-corrected chi connectivity index (χ2v) is 9.41. The summed E-state index contributed by atoms with van der Waals surface area (Å²) in [4.78, 5) is 2.49. The number of hydrogen-bond acceptors (Lipinski definition) is 3. The Labute approximate surface area is 144 Å². The van der Waals surface area contributed by atoms with Gasteiger partial charge >= 0.3 is 0 Å². The molecule has 0 unspecified atom stereocenters. The van der Waals surface area contributed by atoms with Gasteiger partial charge in [0.05, 0.1) is 5.75 Å². The van der Waals surface area contributed by atoms with Crippen molar-refractivity contribution in [3.8, 4) is 0 Å². The Balaban J connectivity index is 1.78. The Hall–Kier alpha value is -0.620. The van der Waals surface area contributed by atoms with Gasteiger partial charge in [-0.05, 0) is 56.8 Å². The quantitative estimate of drug-likeness (QED) is 0.832. The van der Waals surface area contributed by atoms with Crippen LogP contribution in [0.2, 0.25) is 5.02 Å².